The first-order chi connectivity index (χ1) is 11.7. The van der Waals surface area contributed by atoms with Gasteiger partial charge in [-0.2, -0.15) is 4.98 Å². The second kappa shape index (κ2) is 8.02. The first-order valence-corrected chi connectivity index (χ1v) is 9.16. The number of amides is 1. The number of aromatic nitrogens is 2. The van der Waals surface area contributed by atoms with E-state index in [1.54, 1.807) is 7.11 Å². The van der Waals surface area contributed by atoms with Gasteiger partial charge in [0.05, 0.1) is 12.6 Å². The molecule has 1 aliphatic carbocycles. The highest BCUT2D eigenvalue weighted by Crippen LogP contribution is 2.30. The Morgan fingerprint density at radius 1 is 1.24 bits per heavy atom. The van der Waals surface area contributed by atoms with Gasteiger partial charge in [-0.25, -0.2) is 4.98 Å². The zero-order valence-electron chi connectivity index (χ0n) is 16.2. The molecule has 1 amide bonds. The average Bonchev–Trinajstić information content (AvgIpc) is 2.51. The maximum Gasteiger partial charge on any atom is 0.318 e. The predicted molar refractivity (Wildman–Crippen MR) is 99.8 cm³/mol. The maximum atomic E-state index is 12.5. The molecule has 1 heterocycles. The number of nitrogens with one attached hydrogen (secondary N) is 2. The molecule has 0 bridgehead atoms. The molecule has 6 heteroatoms. The van der Waals surface area contributed by atoms with E-state index in [9.17, 15) is 4.79 Å². The normalized spacial score (nSPS) is 17.0. The number of ether oxygens (including phenoxy) is 1. The summed E-state index contributed by atoms with van der Waals surface area (Å²) >= 11 is 0. The van der Waals surface area contributed by atoms with Crippen LogP contribution in [0, 0.1) is 12.3 Å². The fourth-order valence-electron chi connectivity index (χ4n) is 3.38. The monoisotopic (exact) mass is 348 g/mol. The van der Waals surface area contributed by atoms with Gasteiger partial charge in [0.2, 0.25) is 5.91 Å². The number of carbonyl (C=O) groups is 1. The van der Waals surface area contributed by atoms with Crippen LogP contribution < -0.4 is 15.4 Å². The Morgan fingerprint density at radius 2 is 1.92 bits per heavy atom. The van der Waals surface area contributed by atoms with Crippen molar-refractivity contribution in [2.45, 2.75) is 71.8 Å². The third kappa shape index (κ3) is 6.18. The fraction of sp³-hybridized carbons (Fsp3) is 0.737. The van der Waals surface area contributed by atoms with Gasteiger partial charge in [0, 0.05) is 24.7 Å². The summed E-state index contributed by atoms with van der Waals surface area (Å²) in [5.74, 6) is 0.868. The van der Waals surface area contributed by atoms with Gasteiger partial charge in [0.15, 0.2) is 0 Å². The van der Waals surface area contributed by atoms with Crippen molar-refractivity contribution in [2.24, 2.45) is 5.41 Å². The third-order valence-electron chi connectivity index (χ3n) is 4.53. The zero-order chi connectivity index (χ0) is 18.5. The smallest absolute Gasteiger partial charge is 0.318 e. The van der Waals surface area contributed by atoms with E-state index in [1.165, 1.54) is 6.42 Å². The molecule has 0 radical (unpaired) electrons. The van der Waals surface area contributed by atoms with Gasteiger partial charge in [-0.15, -0.1) is 0 Å². The van der Waals surface area contributed by atoms with Crippen LogP contribution in [-0.4, -0.2) is 35.1 Å². The van der Waals surface area contributed by atoms with Crippen molar-refractivity contribution in [1.82, 2.24) is 15.3 Å². The molecular formula is C19H32N4O2. The van der Waals surface area contributed by atoms with E-state index in [-0.39, 0.29) is 16.9 Å². The molecule has 1 aromatic rings. The first kappa shape index (κ1) is 19.5. The Bertz CT molecular complexity index is 590. The van der Waals surface area contributed by atoms with Crippen molar-refractivity contribution in [1.29, 1.82) is 0 Å². The van der Waals surface area contributed by atoms with Crippen molar-refractivity contribution in [3.05, 3.63) is 11.8 Å². The number of anilines is 1. The summed E-state index contributed by atoms with van der Waals surface area (Å²) in [6.07, 6.45) is 6.05. The van der Waals surface area contributed by atoms with E-state index in [4.69, 9.17) is 4.74 Å². The van der Waals surface area contributed by atoms with E-state index in [1.807, 2.05) is 13.0 Å². The minimum atomic E-state index is -0.202. The summed E-state index contributed by atoms with van der Waals surface area (Å²) in [7, 11) is 1.56. The molecule has 1 aliphatic rings. The van der Waals surface area contributed by atoms with Gasteiger partial charge in [0.25, 0.3) is 0 Å². The Hall–Kier alpha value is -1.85. The van der Waals surface area contributed by atoms with Crippen LogP contribution >= 0.6 is 0 Å². The van der Waals surface area contributed by atoms with E-state index >= 15 is 0 Å². The van der Waals surface area contributed by atoms with Gasteiger partial charge in [0.1, 0.15) is 5.82 Å². The summed E-state index contributed by atoms with van der Waals surface area (Å²) in [6.45, 7) is 8.86. The molecule has 0 aromatic carbocycles. The lowest BCUT2D eigenvalue weighted by Gasteiger charge is -2.39. The van der Waals surface area contributed by atoms with Crippen LogP contribution in [0.25, 0.3) is 0 Å². The largest absolute Gasteiger partial charge is 0.467 e. The van der Waals surface area contributed by atoms with Crippen LogP contribution in [0.5, 0.6) is 6.01 Å². The highest BCUT2D eigenvalue weighted by atomic mass is 16.5. The molecular weight excluding hydrogens is 316 g/mol. The Labute approximate surface area is 151 Å². The summed E-state index contributed by atoms with van der Waals surface area (Å²) in [5, 5.41) is 6.72. The van der Waals surface area contributed by atoms with Gasteiger partial charge >= 0.3 is 6.01 Å². The van der Waals surface area contributed by atoms with Crippen LogP contribution in [0.2, 0.25) is 0 Å². The molecule has 0 saturated heterocycles. The molecule has 2 N–H and O–H groups in total. The second-order valence-corrected chi connectivity index (χ2v) is 8.36. The minimum Gasteiger partial charge on any atom is -0.467 e. The van der Waals surface area contributed by atoms with Crippen molar-refractivity contribution < 1.29 is 9.53 Å². The molecule has 0 unspecified atom stereocenters. The van der Waals surface area contributed by atoms with Crippen LogP contribution in [0.15, 0.2) is 6.07 Å². The lowest BCUT2D eigenvalue weighted by molar-refractivity contribution is -0.125. The van der Waals surface area contributed by atoms with Crippen molar-refractivity contribution in [3.8, 4) is 6.01 Å². The molecule has 1 fully saturated rings. The summed E-state index contributed by atoms with van der Waals surface area (Å²) in [5.41, 5.74) is 0.640. The molecule has 6 nitrogen and oxygen atoms in total. The Morgan fingerprint density at radius 3 is 2.52 bits per heavy atom. The van der Waals surface area contributed by atoms with Crippen molar-refractivity contribution in [2.75, 3.05) is 19.0 Å². The highest BCUT2D eigenvalue weighted by Gasteiger charge is 2.34. The number of nitrogens with zero attached hydrogens (tertiary/aromatic N) is 2. The van der Waals surface area contributed by atoms with Gasteiger partial charge in [-0.05, 0) is 25.2 Å². The summed E-state index contributed by atoms with van der Waals surface area (Å²) in [6, 6.07) is 2.26. The molecule has 140 valence electrons. The lowest BCUT2D eigenvalue weighted by Crippen LogP contribution is -2.54. The summed E-state index contributed by atoms with van der Waals surface area (Å²) in [4.78, 5) is 21.1. The third-order valence-corrected chi connectivity index (χ3v) is 4.53. The Balaban J connectivity index is 2.07. The number of methoxy groups -OCH3 is 1. The fourth-order valence-corrected chi connectivity index (χ4v) is 3.38. The lowest BCUT2D eigenvalue weighted by atomic mass is 9.80. The minimum absolute atomic E-state index is 0.00942. The molecule has 0 aliphatic heterocycles. The maximum absolute atomic E-state index is 12.5. The van der Waals surface area contributed by atoms with E-state index in [0.29, 0.717) is 19.0 Å². The molecule has 0 spiro atoms. The first-order valence-electron chi connectivity index (χ1n) is 9.16. The average molecular weight is 348 g/mol. The molecule has 2 rings (SSSR count). The highest BCUT2D eigenvalue weighted by molar-refractivity contribution is 5.77. The van der Waals surface area contributed by atoms with Crippen LogP contribution in [-0.2, 0) is 4.79 Å². The van der Waals surface area contributed by atoms with E-state index in [2.05, 4.69) is 41.4 Å². The van der Waals surface area contributed by atoms with E-state index in [0.717, 1.165) is 37.2 Å². The molecule has 25 heavy (non-hydrogen) atoms. The zero-order valence-corrected chi connectivity index (χ0v) is 16.2. The number of carbonyl (C=O) groups excluding carboxylic acids is 1. The van der Waals surface area contributed by atoms with Crippen LogP contribution in [0.3, 0.4) is 0 Å². The quantitative estimate of drug-likeness (QED) is 0.823. The number of hydrogen-bond donors (Lipinski definition) is 2. The predicted octanol–water partition coefficient (Wildman–Crippen LogP) is 3.46. The second-order valence-electron chi connectivity index (χ2n) is 8.36. The number of hydrogen-bond acceptors (Lipinski definition) is 5. The number of rotatable bonds is 6. The van der Waals surface area contributed by atoms with Crippen LogP contribution in [0.4, 0.5) is 5.82 Å². The van der Waals surface area contributed by atoms with Gasteiger partial charge in [-0.3, -0.25) is 4.79 Å². The Kier molecular flexibility index (Phi) is 6.25. The standard InChI is InChI=1S/C19H32N4O2/c1-14-11-15(22-17(21-14)25-5)20-13-19(9-7-6-8-10-19)23-16(24)12-18(2,3)4/h11H,6-10,12-13H2,1-5H3,(H,23,24)(H,20,21,22). The summed E-state index contributed by atoms with van der Waals surface area (Å²) < 4.78 is 5.14. The van der Waals surface area contributed by atoms with E-state index < -0.39 is 0 Å². The molecule has 0 atom stereocenters. The van der Waals surface area contributed by atoms with Crippen molar-refractivity contribution in [3.63, 3.8) is 0 Å². The number of aryl methyl sites for hydroxylation is 1. The topological polar surface area (TPSA) is 76.1 Å². The van der Waals surface area contributed by atoms with Gasteiger partial charge in [-0.1, -0.05) is 40.0 Å². The SMILES string of the molecule is COc1nc(C)cc(NCC2(NC(=O)CC(C)(C)C)CCCCC2)n1. The molecule has 1 aromatic heterocycles. The van der Waals surface area contributed by atoms with Crippen LogP contribution in [0.1, 0.15) is 65.0 Å². The van der Waals surface area contributed by atoms with Gasteiger partial charge < -0.3 is 15.4 Å². The molecule has 1 saturated carbocycles. The van der Waals surface area contributed by atoms with Crippen molar-refractivity contribution >= 4 is 11.7 Å².